The molecule has 0 amide bonds. The van der Waals surface area contributed by atoms with E-state index in [4.69, 9.17) is 21.1 Å². The lowest BCUT2D eigenvalue weighted by atomic mass is 10.4. The molecule has 0 fully saturated rings. The molecule has 0 radical (unpaired) electrons. The fourth-order valence-corrected chi connectivity index (χ4v) is 2.00. The zero-order valence-corrected chi connectivity index (χ0v) is 10.7. The van der Waals surface area contributed by atoms with Crippen LogP contribution in [0.3, 0.4) is 0 Å². The van der Waals surface area contributed by atoms with Gasteiger partial charge in [0.05, 0.1) is 13.7 Å². The van der Waals surface area contributed by atoms with Crippen molar-refractivity contribution in [2.24, 2.45) is 0 Å². The van der Waals surface area contributed by atoms with Gasteiger partial charge in [0.2, 0.25) is 5.28 Å². The minimum absolute atomic E-state index is 0.0583. The number of methoxy groups -OCH3 is 1. The maximum absolute atomic E-state index is 5.69. The Kier molecular flexibility index (Phi) is 4.11. The molecule has 2 heterocycles. The summed E-state index contributed by atoms with van der Waals surface area (Å²) in [5.74, 6) is 0. The van der Waals surface area contributed by atoms with E-state index >= 15 is 0 Å². The van der Waals surface area contributed by atoms with Crippen molar-refractivity contribution in [1.82, 2.24) is 15.0 Å². The van der Waals surface area contributed by atoms with Crippen LogP contribution in [-0.2, 0) is 6.42 Å². The lowest BCUT2D eigenvalue weighted by Gasteiger charge is -2.04. The first kappa shape index (κ1) is 12.1. The van der Waals surface area contributed by atoms with E-state index in [1.807, 2.05) is 11.4 Å². The van der Waals surface area contributed by atoms with Crippen molar-refractivity contribution in [3.8, 4) is 12.0 Å². The Morgan fingerprint density at radius 2 is 2.12 bits per heavy atom. The minimum Gasteiger partial charge on any atom is -0.467 e. The van der Waals surface area contributed by atoms with Crippen LogP contribution in [0.2, 0.25) is 5.28 Å². The second kappa shape index (κ2) is 5.79. The molecule has 0 saturated heterocycles. The number of aromatic nitrogens is 3. The van der Waals surface area contributed by atoms with Gasteiger partial charge in [-0.05, 0) is 23.0 Å². The summed E-state index contributed by atoms with van der Waals surface area (Å²) in [4.78, 5) is 12.8. The number of nitrogens with zero attached hydrogens (tertiary/aromatic N) is 3. The van der Waals surface area contributed by atoms with Gasteiger partial charge in [0.25, 0.3) is 0 Å². The third-order valence-corrected chi connectivity index (χ3v) is 3.01. The molecule has 0 aliphatic heterocycles. The maximum atomic E-state index is 5.69. The average Bonchev–Trinajstić information content (AvgIpc) is 2.81. The van der Waals surface area contributed by atoms with E-state index in [0.717, 1.165) is 6.42 Å². The van der Waals surface area contributed by atoms with Crippen molar-refractivity contribution in [2.75, 3.05) is 13.7 Å². The lowest BCUT2D eigenvalue weighted by molar-refractivity contribution is 0.284. The molecule has 0 unspecified atom stereocenters. The Labute approximate surface area is 107 Å². The van der Waals surface area contributed by atoms with Crippen molar-refractivity contribution in [2.45, 2.75) is 6.42 Å². The Morgan fingerprint density at radius 3 is 2.82 bits per heavy atom. The number of halogens is 1. The number of ether oxygens (including phenoxy) is 2. The maximum Gasteiger partial charge on any atom is 0.323 e. The van der Waals surface area contributed by atoms with Crippen LogP contribution in [-0.4, -0.2) is 28.7 Å². The van der Waals surface area contributed by atoms with Crippen LogP contribution in [0.25, 0.3) is 0 Å². The normalized spacial score (nSPS) is 10.2. The summed E-state index contributed by atoms with van der Waals surface area (Å²) in [6.07, 6.45) is 0.809. The van der Waals surface area contributed by atoms with E-state index in [9.17, 15) is 0 Å². The van der Waals surface area contributed by atoms with Gasteiger partial charge >= 0.3 is 12.0 Å². The highest BCUT2D eigenvalue weighted by Crippen LogP contribution is 2.14. The van der Waals surface area contributed by atoms with Crippen LogP contribution in [0.5, 0.6) is 12.0 Å². The predicted octanol–water partition coefficient (Wildman–Crippen LogP) is 2.22. The number of hydrogen-bond acceptors (Lipinski definition) is 6. The molecule has 2 aromatic rings. The van der Waals surface area contributed by atoms with Crippen LogP contribution in [0.1, 0.15) is 4.88 Å². The summed E-state index contributed by atoms with van der Waals surface area (Å²) < 4.78 is 10.2. The second-order valence-corrected chi connectivity index (χ2v) is 4.42. The highest BCUT2D eigenvalue weighted by atomic mass is 35.5. The Hall–Kier alpha value is -1.40. The van der Waals surface area contributed by atoms with E-state index < -0.39 is 0 Å². The largest absolute Gasteiger partial charge is 0.467 e. The summed E-state index contributed by atoms with van der Waals surface area (Å²) >= 11 is 7.37. The molecule has 90 valence electrons. The fraction of sp³-hybridized carbons (Fsp3) is 0.300. The van der Waals surface area contributed by atoms with Gasteiger partial charge in [-0.3, -0.25) is 0 Å². The van der Waals surface area contributed by atoms with Crippen molar-refractivity contribution in [3.63, 3.8) is 0 Å². The zero-order chi connectivity index (χ0) is 12.1. The van der Waals surface area contributed by atoms with E-state index in [-0.39, 0.29) is 17.3 Å². The number of hydrogen-bond donors (Lipinski definition) is 0. The smallest absolute Gasteiger partial charge is 0.323 e. The first-order valence-corrected chi connectivity index (χ1v) is 6.14. The van der Waals surface area contributed by atoms with Crippen LogP contribution >= 0.6 is 22.9 Å². The average molecular weight is 272 g/mol. The van der Waals surface area contributed by atoms with Crippen molar-refractivity contribution < 1.29 is 9.47 Å². The van der Waals surface area contributed by atoms with Crippen molar-refractivity contribution in [3.05, 3.63) is 27.7 Å². The fourth-order valence-electron chi connectivity index (χ4n) is 1.17. The van der Waals surface area contributed by atoms with Gasteiger partial charge in [0.15, 0.2) is 0 Å². The molecular weight excluding hydrogens is 262 g/mol. The molecule has 0 aromatic carbocycles. The Balaban J connectivity index is 1.92. The van der Waals surface area contributed by atoms with Gasteiger partial charge in [-0.25, -0.2) is 0 Å². The Morgan fingerprint density at radius 1 is 1.29 bits per heavy atom. The molecule has 0 N–H and O–H groups in total. The number of rotatable bonds is 5. The molecule has 0 aliphatic carbocycles. The van der Waals surface area contributed by atoms with Crippen LogP contribution in [0.15, 0.2) is 17.5 Å². The molecule has 2 rings (SSSR count). The predicted molar refractivity (Wildman–Crippen MR) is 64.9 cm³/mol. The van der Waals surface area contributed by atoms with Crippen LogP contribution in [0.4, 0.5) is 0 Å². The quantitative estimate of drug-likeness (QED) is 0.835. The molecular formula is C10H10ClN3O2S. The molecule has 0 bridgehead atoms. The monoisotopic (exact) mass is 271 g/mol. The van der Waals surface area contributed by atoms with Crippen molar-refractivity contribution in [1.29, 1.82) is 0 Å². The van der Waals surface area contributed by atoms with E-state index in [0.29, 0.717) is 6.61 Å². The van der Waals surface area contributed by atoms with Gasteiger partial charge in [0.1, 0.15) is 0 Å². The summed E-state index contributed by atoms with van der Waals surface area (Å²) in [6, 6.07) is 4.38. The third-order valence-electron chi connectivity index (χ3n) is 1.91. The number of thiophene rings is 1. The topological polar surface area (TPSA) is 57.1 Å². The van der Waals surface area contributed by atoms with E-state index in [1.54, 1.807) is 11.3 Å². The third kappa shape index (κ3) is 3.54. The Bertz CT molecular complexity index is 478. The SMILES string of the molecule is COc1nc(Cl)nc(OCCc2cccs2)n1. The molecule has 0 spiro atoms. The molecule has 0 aliphatic rings. The van der Waals surface area contributed by atoms with Crippen LogP contribution < -0.4 is 9.47 Å². The highest BCUT2D eigenvalue weighted by Gasteiger charge is 2.06. The standard InChI is InChI=1S/C10H10ClN3O2S/c1-15-9-12-8(11)13-10(14-9)16-5-4-7-3-2-6-17-7/h2-3,6H,4-5H2,1H3. The van der Waals surface area contributed by atoms with Crippen LogP contribution in [0, 0.1) is 0 Å². The minimum atomic E-state index is 0.0583. The van der Waals surface area contributed by atoms with E-state index in [2.05, 4.69) is 21.0 Å². The van der Waals surface area contributed by atoms with E-state index in [1.165, 1.54) is 12.0 Å². The van der Waals surface area contributed by atoms with Gasteiger partial charge in [-0.15, -0.1) is 16.3 Å². The zero-order valence-electron chi connectivity index (χ0n) is 9.09. The molecule has 0 saturated carbocycles. The molecule has 17 heavy (non-hydrogen) atoms. The second-order valence-electron chi connectivity index (χ2n) is 3.05. The highest BCUT2D eigenvalue weighted by molar-refractivity contribution is 7.09. The van der Waals surface area contributed by atoms with Gasteiger partial charge < -0.3 is 9.47 Å². The van der Waals surface area contributed by atoms with Gasteiger partial charge in [0, 0.05) is 11.3 Å². The molecule has 5 nitrogen and oxygen atoms in total. The first-order valence-electron chi connectivity index (χ1n) is 4.88. The molecule has 0 atom stereocenters. The summed E-state index contributed by atoms with van der Waals surface area (Å²) in [7, 11) is 1.46. The summed E-state index contributed by atoms with van der Waals surface area (Å²) in [5.41, 5.74) is 0. The summed E-state index contributed by atoms with van der Waals surface area (Å²) in [5, 5.41) is 2.08. The van der Waals surface area contributed by atoms with Crippen molar-refractivity contribution >= 4 is 22.9 Å². The molecule has 2 aromatic heterocycles. The molecule has 7 heteroatoms. The first-order chi connectivity index (χ1) is 8.28. The summed E-state index contributed by atoms with van der Waals surface area (Å²) in [6.45, 7) is 0.490. The van der Waals surface area contributed by atoms with Gasteiger partial charge in [-0.1, -0.05) is 6.07 Å². The lowest BCUT2D eigenvalue weighted by Crippen LogP contribution is -2.05. The van der Waals surface area contributed by atoms with Gasteiger partial charge in [-0.2, -0.15) is 9.97 Å².